The van der Waals surface area contributed by atoms with Crippen molar-refractivity contribution in [2.24, 2.45) is 5.73 Å². The molecule has 1 nitrogen and oxygen atoms in total. The molecule has 0 saturated heterocycles. The Morgan fingerprint density at radius 2 is 1.46 bits per heavy atom. The molecule has 0 spiro atoms. The Balaban J connectivity index is 1.84. The molecule has 1 unspecified atom stereocenters. The first kappa shape index (κ1) is 15.2. The molecule has 0 aromatic heterocycles. The Kier molecular flexibility index (Phi) is 3.36. The van der Waals surface area contributed by atoms with E-state index in [-0.39, 0.29) is 11.5 Å². The highest BCUT2D eigenvalue weighted by Gasteiger charge is 2.35. The number of hydrogen-bond donors (Lipinski definition) is 1. The van der Waals surface area contributed by atoms with E-state index in [2.05, 4.69) is 87.5 Å². The summed E-state index contributed by atoms with van der Waals surface area (Å²) in [5.74, 6) is 0. The van der Waals surface area contributed by atoms with Gasteiger partial charge in [-0.05, 0) is 45.9 Å². The molecule has 120 valence electrons. The fourth-order valence-corrected chi connectivity index (χ4v) is 4.03. The average molecular weight is 313 g/mol. The van der Waals surface area contributed by atoms with Crippen molar-refractivity contribution in [3.63, 3.8) is 0 Å². The van der Waals surface area contributed by atoms with E-state index in [4.69, 9.17) is 5.73 Å². The molecule has 0 heterocycles. The Hall–Kier alpha value is -2.38. The maximum Gasteiger partial charge on any atom is 0.0554 e. The van der Waals surface area contributed by atoms with Crippen LogP contribution in [0.4, 0.5) is 0 Å². The van der Waals surface area contributed by atoms with Crippen molar-refractivity contribution in [2.45, 2.75) is 32.2 Å². The SMILES string of the molecule is Cc1ccccc1C(N)c1ccc2c(c1)C(C)(C)c1ccccc1-2. The molecule has 24 heavy (non-hydrogen) atoms. The van der Waals surface area contributed by atoms with Gasteiger partial charge in [0.25, 0.3) is 0 Å². The highest BCUT2D eigenvalue weighted by atomic mass is 14.6. The summed E-state index contributed by atoms with van der Waals surface area (Å²) in [7, 11) is 0. The predicted octanol–water partition coefficient (Wildman–Crippen LogP) is 5.35. The normalized spacial score (nSPS) is 15.7. The monoisotopic (exact) mass is 313 g/mol. The molecule has 1 aliphatic carbocycles. The first-order valence-corrected chi connectivity index (χ1v) is 8.55. The van der Waals surface area contributed by atoms with Gasteiger partial charge in [-0.2, -0.15) is 0 Å². The summed E-state index contributed by atoms with van der Waals surface area (Å²) >= 11 is 0. The maximum atomic E-state index is 6.60. The average Bonchev–Trinajstić information content (AvgIpc) is 2.83. The van der Waals surface area contributed by atoms with Crippen LogP contribution in [0.1, 0.15) is 47.7 Å². The standard InChI is InChI=1S/C23H23N/c1-15-8-4-5-9-17(15)22(24)16-12-13-19-18-10-6-7-11-20(18)23(2,3)21(19)14-16/h4-14,22H,24H2,1-3H3. The van der Waals surface area contributed by atoms with Crippen LogP contribution < -0.4 is 5.73 Å². The molecule has 0 fully saturated rings. The zero-order chi connectivity index (χ0) is 16.9. The summed E-state index contributed by atoms with van der Waals surface area (Å²) in [4.78, 5) is 0. The van der Waals surface area contributed by atoms with Crippen molar-refractivity contribution in [1.29, 1.82) is 0 Å². The zero-order valence-corrected chi connectivity index (χ0v) is 14.5. The quantitative estimate of drug-likeness (QED) is 0.678. The lowest BCUT2D eigenvalue weighted by Gasteiger charge is -2.23. The van der Waals surface area contributed by atoms with E-state index in [0.29, 0.717) is 0 Å². The van der Waals surface area contributed by atoms with Gasteiger partial charge in [-0.3, -0.25) is 0 Å². The third-order valence-electron chi connectivity index (χ3n) is 5.49. The van der Waals surface area contributed by atoms with Gasteiger partial charge in [0.1, 0.15) is 0 Å². The Morgan fingerprint density at radius 1 is 0.792 bits per heavy atom. The summed E-state index contributed by atoms with van der Waals surface area (Å²) in [6.07, 6.45) is 0. The molecular weight excluding hydrogens is 290 g/mol. The van der Waals surface area contributed by atoms with Crippen molar-refractivity contribution in [1.82, 2.24) is 0 Å². The van der Waals surface area contributed by atoms with Gasteiger partial charge in [0.15, 0.2) is 0 Å². The van der Waals surface area contributed by atoms with Crippen molar-refractivity contribution in [3.05, 3.63) is 94.5 Å². The van der Waals surface area contributed by atoms with Crippen LogP contribution in [-0.2, 0) is 5.41 Å². The molecule has 4 rings (SSSR count). The van der Waals surface area contributed by atoms with Crippen molar-refractivity contribution < 1.29 is 0 Å². The molecule has 3 aromatic carbocycles. The van der Waals surface area contributed by atoms with Crippen LogP contribution in [0.15, 0.2) is 66.7 Å². The van der Waals surface area contributed by atoms with E-state index >= 15 is 0 Å². The van der Waals surface area contributed by atoms with Gasteiger partial charge in [-0.15, -0.1) is 0 Å². The number of aryl methyl sites for hydroxylation is 1. The number of fused-ring (bicyclic) bond motifs is 3. The minimum absolute atomic E-state index is 0.0212. The Labute approximate surface area is 144 Å². The highest BCUT2D eigenvalue weighted by Crippen LogP contribution is 2.49. The second-order valence-corrected chi connectivity index (χ2v) is 7.31. The Morgan fingerprint density at radius 3 is 2.25 bits per heavy atom. The third-order valence-corrected chi connectivity index (χ3v) is 5.49. The van der Waals surface area contributed by atoms with Crippen LogP contribution in [0.5, 0.6) is 0 Å². The summed E-state index contributed by atoms with van der Waals surface area (Å²) in [6, 6.07) is 23.8. The van der Waals surface area contributed by atoms with Gasteiger partial charge < -0.3 is 5.73 Å². The lowest BCUT2D eigenvalue weighted by atomic mass is 9.81. The Bertz CT molecular complexity index is 921. The maximum absolute atomic E-state index is 6.60. The summed E-state index contributed by atoms with van der Waals surface area (Å²) < 4.78 is 0. The number of nitrogens with two attached hydrogens (primary N) is 1. The van der Waals surface area contributed by atoms with Gasteiger partial charge >= 0.3 is 0 Å². The highest BCUT2D eigenvalue weighted by molar-refractivity contribution is 5.81. The largest absolute Gasteiger partial charge is 0.320 e. The first-order valence-electron chi connectivity index (χ1n) is 8.55. The van der Waals surface area contributed by atoms with E-state index in [1.54, 1.807) is 0 Å². The smallest absolute Gasteiger partial charge is 0.0554 e. The lowest BCUT2D eigenvalue weighted by molar-refractivity contribution is 0.658. The van der Waals surface area contributed by atoms with Crippen LogP contribution in [0.3, 0.4) is 0 Å². The van der Waals surface area contributed by atoms with Crippen LogP contribution in [0.25, 0.3) is 11.1 Å². The molecule has 1 atom stereocenters. The van der Waals surface area contributed by atoms with Gasteiger partial charge in [0, 0.05) is 5.41 Å². The molecule has 3 aromatic rings. The molecular formula is C23H23N. The lowest BCUT2D eigenvalue weighted by Crippen LogP contribution is -2.17. The van der Waals surface area contributed by atoms with Crippen LogP contribution in [0, 0.1) is 6.92 Å². The number of rotatable bonds is 2. The molecule has 0 radical (unpaired) electrons. The van der Waals surface area contributed by atoms with Crippen molar-refractivity contribution in [2.75, 3.05) is 0 Å². The second kappa shape index (κ2) is 5.32. The van der Waals surface area contributed by atoms with Crippen molar-refractivity contribution >= 4 is 0 Å². The first-order chi connectivity index (χ1) is 11.5. The molecule has 0 amide bonds. The molecule has 1 heteroatoms. The molecule has 1 aliphatic rings. The summed E-state index contributed by atoms with van der Waals surface area (Å²) in [5.41, 5.74) is 15.7. The minimum Gasteiger partial charge on any atom is -0.320 e. The van der Waals surface area contributed by atoms with Crippen LogP contribution >= 0.6 is 0 Å². The van der Waals surface area contributed by atoms with Gasteiger partial charge in [0.05, 0.1) is 6.04 Å². The minimum atomic E-state index is -0.0870. The molecule has 0 aliphatic heterocycles. The molecule has 2 N–H and O–H groups in total. The zero-order valence-electron chi connectivity index (χ0n) is 14.5. The number of hydrogen-bond acceptors (Lipinski definition) is 1. The van der Waals surface area contributed by atoms with Gasteiger partial charge in [-0.1, -0.05) is 80.6 Å². The van der Waals surface area contributed by atoms with E-state index in [1.165, 1.54) is 38.9 Å². The van der Waals surface area contributed by atoms with Gasteiger partial charge in [-0.25, -0.2) is 0 Å². The third kappa shape index (κ3) is 2.12. The van der Waals surface area contributed by atoms with Gasteiger partial charge in [0.2, 0.25) is 0 Å². The second-order valence-electron chi connectivity index (χ2n) is 7.31. The summed E-state index contributed by atoms with van der Waals surface area (Å²) in [5, 5.41) is 0. The number of benzene rings is 3. The van der Waals surface area contributed by atoms with E-state index in [9.17, 15) is 0 Å². The van der Waals surface area contributed by atoms with E-state index in [1.807, 2.05) is 0 Å². The van der Waals surface area contributed by atoms with Crippen LogP contribution in [-0.4, -0.2) is 0 Å². The molecule has 0 saturated carbocycles. The predicted molar refractivity (Wildman–Crippen MR) is 101 cm³/mol. The van der Waals surface area contributed by atoms with E-state index in [0.717, 1.165) is 0 Å². The van der Waals surface area contributed by atoms with Crippen LogP contribution in [0.2, 0.25) is 0 Å². The van der Waals surface area contributed by atoms with E-state index < -0.39 is 0 Å². The fraction of sp³-hybridized carbons (Fsp3) is 0.217. The topological polar surface area (TPSA) is 26.0 Å². The molecule has 0 bridgehead atoms. The fourth-order valence-electron chi connectivity index (χ4n) is 4.03. The summed E-state index contributed by atoms with van der Waals surface area (Å²) in [6.45, 7) is 6.74. The van der Waals surface area contributed by atoms with Crippen molar-refractivity contribution in [3.8, 4) is 11.1 Å².